The number of phosphoric acid groups is 1. The van der Waals surface area contributed by atoms with Gasteiger partial charge in [-0.2, -0.15) is 0 Å². The molecule has 0 spiro atoms. The number of phosphoric ester groups is 1. The summed E-state index contributed by atoms with van der Waals surface area (Å²) in [5.41, 5.74) is 0.663. The number of rotatable bonds is 25. The minimum atomic E-state index is -3.74. The van der Waals surface area contributed by atoms with Crippen molar-refractivity contribution < 1.29 is 146 Å². The SMILES string of the molecule is C/C=C1\OC(=O)C(C)NC1=O.CC(C)=c1oc(=O)c(=C(C)C)oc1=O.CC=C(OP(=O)(OCC)OCC)C(=O)OCC.CC=C(OP(C)(C)=O)C(=O)OCC.CCOC(=O)C1(C(C)C)OC(=O)C(=C(C)C)O1.CCOC(=O)C1(CC(C)C)OC(=O)/C(=C/C(C)C)O1.CCOC(=O)C1(CC)OC(=O)/C(=C/CC(C)=O)O1. The van der Waals surface area contributed by atoms with Crippen LogP contribution < -0.4 is 27.4 Å². The molecule has 616 valence electrons. The molecule has 0 aromatic carbocycles. The van der Waals surface area contributed by atoms with Gasteiger partial charge in [0.25, 0.3) is 5.91 Å². The highest BCUT2D eigenvalue weighted by molar-refractivity contribution is 7.57. The quantitative estimate of drug-likeness (QED) is 0.0312. The van der Waals surface area contributed by atoms with Gasteiger partial charge in [-0.1, -0.05) is 48.5 Å². The number of hydrogen-bond donors (Lipinski definition) is 1. The van der Waals surface area contributed by atoms with Crippen LogP contribution in [0.2, 0.25) is 0 Å². The number of ketones is 1. The molecule has 1 amide bonds. The van der Waals surface area contributed by atoms with Crippen molar-refractivity contribution in [2.45, 2.75) is 216 Å². The summed E-state index contributed by atoms with van der Waals surface area (Å²) in [5.74, 6) is -11.3. The number of Topliss-reactive ketones (excluding diaryl/α,β-unsaturated/α-hetero) is 1. The van der Waals surface area contributed by atoms with Gasteiger partial charge in [-0.3, -0.25) is 23.2 Å². The maximum atomic E-state index is 12.0. The van der Waals surface area contributed by atoms with Crippen LogP contribution in [0.5, 0.6) is 0 Å². The summed E-state index contributed by atoms with van der Waals surface area (Å²) in [4.78, 5) is 148. The van der Waals surface area contributed by atoms with Gasteiger partial charge in [0.05, 0.1) is 46.2 Å². The zero-order valence-electron chi connectivity index (χ0n) is 67.6. The van der Waals surface area contributed by atoms with Crippen LogP contribution in [0.15, 0.2) is 88.9 Å². The molecule has 0 aliphatic carbocycles. The lowest BCUT2D eigenvalue weighted by Gasteiger charge is -2.27. The van der Waals surface area contributed by atoms with Gasteiger partial charge in [0.15, 0.2) is 5.76 Å². The fourth-order valence-electron chi connectivity index (χ4n) is 8.10. The summed E-state index contributed by atoms with van der Waals surface area (Å²) in [6.07, 6.45) is 7.65. The Morgan fingerprint density at radius 1 is 0.523 bits per heavy atom. The zero-order valence-corrected chi connectivity index (χ0v) is 69.4. The molecule has 36 heteroatoms. The number of cyclic esters (lactones) is 4. The molecule has 1 aromatic heterocycles. The third-order valence-electron chi connectivity index (χ3n) is 12.9. The number of ether oxygens (including phenoxy) is 12. The normalized spacial score (nSPS) is 19.6. The minimum Gasteiger partial charge on any atom is -0.460 e. The summed E-state index contributed by atoms with van der Waals surface area (Å²) in [7, 11) is -6.42. The van der Waals surface area contributed by atoms with E-state index in [4.69, 9.17) is 74.3 Å². The molecule has 1 N–H and O–H groups in total. The van der Waals surface area contributed by atoms with Crippen molar-refractivity contribution in [2.75, 3.05) is 59.6 Å². The molecule has 4 aliphatic heterocycles. The van der Waals surface area contributed by atoms with Gasteiger partial charge in [-0.05, 0) is 184 Å². The summed E-state index contributed by atoms with van der Waals surface area (Å²) >= 11 is 0. The fourth-order valence-corrected chi connectivity index (χ4v) is 9.98. The van der Waals surface area contributed by atoms with E-state index in [1.54, 1.807) is 145 Å². The highest BCUT2D eigenvalue weighted by Crippen LogP contribution is 2.51. The standard InChI is InChI=1S/C14H22O5.C12H16O6.C12H18O5.C10H19O6P.C10H12O4.C8H15O4P.C7H9NO3/c1-6-17-13(16)14(8-10(4)5)18-11(7-9(2)3)12(15)19-14;1-4-12(11(15)16-5-2)17-9(10(14)18-12)7-6-8(3)13;1-6-15-11(14)12(8(4)5)16-9(7(2)3)10(13)17-12;1-5-9(10(11)13-6-2)16-17(12,14-7-3)15-8-4;1-5(2)7-9(11)14-8(6(3)4)10(12)13-7;1-5-7(8(9)11-6-2)12-13(3,4)10;1-3-5-6(9)8-4(2)7(10)11-5/h7,9-10H,6,8H2,1-5H3;7H,4-6H2,1-3H3;8H,6H2,1-5H3;5H,6-8H2,1-4H3;1-4H3;5H,6H2,1-4H3;3-4H,1-2H3,(H,8,9)/b11-7-;9-7-;;;;;5-3-. The molecule has 4 saturated heterocycles. The first-order chi connectivity index (χ1) is 50.6. The number of hydrogen-bond acceptors (Lipinski definition) is 33. The maximum Gasteiger partial charge on any atom is 0.530 e. The second kappa shape index (κ2) is 48.9. The molecule has 4 aliphatic rings. The molecule has 0 radical (unpaired) electrons. The minimum absolute atomic E-state index is 0.00943. The highest BCUT2D eigenvalue weighted by Gasteiger charge is 2.57. The summed E-state index contributed by atoms with van der Waals surface area (Å²) in [6, 6.07) is -0.536. The first-order valence-corrected chi connectivity index (χ1v) is 38.9. The van der Waals surface area contributed by atoms with E-state index in [9.17, 15) is 71.5 Å². The summed E-state index contributed by atoms with van der Waals surface area (Å²) in [6.45, 7) is 46.6. The molecular weight excluding hydrogens is 1480 g/mol. The Morgan fingerprint density at radius 2 is 0.954 bits per heavy atom. The van der Waals surface area contributed by atoms with Gasteiger partial charge in [-0.15, -0.1) is 0 Å². The van der Waals surface area contributed by atoms with Crippen LogP contribution in [0, 0.1) is 17.8 Å². The number of carbonyl (C=O) groups excluding carboxylic acids is 11. The van der Waals surface area contributed by atoms with Gasteiger partial charge in [0.1, 0.15) is 11.8 Å². The van der Waals surface area contributed by atoms with Crippen molar-refractivity contribution in [3.8, 4) is 0 Å². The van der Waals surface area contributed by atoms with Crippen molar-refractivity contribution in [3.63, 3.8) is 0 Å². The monoisotopic (exact) mass is 1590 g/mol. The molecule has 5 rings (SSSR count). The Kier molecular flexibility index (Phi) is 45.6. The van der Waals surface area contributed by atoms with Crippen LogP contribution >= 0.6 is 15.2 Å². The lowest BCUT2D eigenvalue weighted by atomic mass is 10.0. The van der Waals surface area contributed by atoms with Crippen molar-refractivity contribution >= 4 is 91.8 Å². The fraction of sp³-hybridized carbons (Fsp3) is 0.603. The van der Waals surface area contributed by atoms with E-state index in [-0.39, 0.29) is 140 Å². The topological polar surface area (TPSA) is 442 Å². The molecule has 0 saturated carbocycles. The molecule has 109 heavy (non-hydrogen) atoms. The Morgan fingerprint density at radius 3 is 1.32 bits per heavy atom. The van der Waals surface area contributed by atoms with E-state index >= 15 is 0 Å². The molecule has 0 bridgehead atoms. The van der Waals surface area contributed by atoms with Crippen LogP contribution in [0.4, 0.5) is 0 Å². The lowest BCUT2D eigenvalue weighted by molar-refractivity contribution is -0.217. The molecular formula is C73H111NO33P2. The average Bonchev–Trinajstić information content (AvgIpc) is 1.66. The van der Waals surface area contributed by atoms with Gasteiger partial charge in [-0.25, -0.2) is 57.3 Å². The van der Waals surface area contributed by atoms with Crippen molar-refractivity contribution in [1.82, 2.24) is 5.32 Å². The average molecular weight is 1590 g/mol. The van der Waals surface area contributed by atoms with E-state index in [0.29, 0.717) is 16.7 Å². The first-order valence-electron chi connectivity index (χ1n) is 35.0. The van der Waals surface area contributed by atoms with Crippen LogP contribution in [0.1, 0.15) is 192 Å². The van der Waals surface area contributed by atoms with Crippen molar-refractivity contribution in [1.29, 1.82) is 0 Å². The number of carbonyl (C=O) groups is 11. The van der Waals surface area contributed by atoms with E-state index in [2.05, 4.69) is 14.8 Å². The van der Waals surface area contributed by atoms with E-state index in [1.807, 2.05) is 27.7 Å². The van der Waals surface area contributed by atoms with Gasteiger partial charge in [0, 0.05) is 38.5 Å². The molecule has 4 fully saturated rings. The maximum absolute atomic E-state index is 12.0. The predicted octanol–water partition coefficient (Wildman–Crippen LogP) is 9.85. The second-order valence-electron chi connectivity index (χ2n) is 24.7. The van der Waals surface area contributed by atoms with Crippen LogP contribution in [0.25, 0.3) is 11.1 Å². The second-order valence-corrected chi connectivity index (χ2v) is 28.9. The molecule has 4 unspecified atom stereocenters. The van der Waals surface area contributed by atoms with E-state index in [1.165, 1.54) is 44.6 Å². The van der Waals surface area contributed by atoms with E-state index in [0.717, 1.165) is 0 Å². The molecule has 4 atom stereocenters. The van der Waals surface area contributed by atoms with Crippen molar-refractivity contribution in [2.24, 2.45) is 17.8 Å². The Bertz CT molecular complexity index is 3820. The third-order valence-corrected chi connectivity index (χ3v) is 15.2. The van der Waals surface area contributed by atoms with Gasteiger partial charge < -0.3 is 80.0 Å². The summed E-state index contributed by atoms with van der Waals surface area (Å²) < 4.78 is 113. The van der Waals surface area contributed by atoms with Gasteiger partial charge >= 0.3 is 90.2 Å². The number of esters is 9. The third kappa shape index (κ3) is 34.0. The van der Waals surface area contributed by atoms with Crippen molar-refractivity contribution in [3.05, 3.63) is 102 Å². The molecule has 5 heterocycles. The molecule has 34 nitrogen and oxygen atoms in total. The Labute approximate surface area is 635 Å². The Hall–Kier alpha value is -9.39. The number of allylic oxidation sites excluding steroid dienone is 6. The Balaban J connectivity index is 0. The smallest absolute Gasteiger partial charge is 0.460 e. The van der Waals surface area contributed by atoms with Crippen LogP contribution in [0.3, 0.4) is 0 Å². The lowest BCUT2D eigenvalue weighted by Crippen LogP contribution is -2.46. The zero-order chi connectivity index (χ0) is 84.7. The van der Waals surface area contributed by atoms with Crippen LogP contribution in [-0.2, 0) is 137 Å². The van der Waals surface area contributed by atoms with E-state index < -0.39 is 104 Å². The number of amides is 1. The number of nitrogens with one attached hydrogen (secondary N) is 1. The molecule has 1 aromatic rings. The predicted molar refractivity (Wildman–Crippen MR) is 392 cm³/mol. The first kappa shape index (κ1) is 102. The van der Waals surface area contributed by atoms with Gasteiger partial charge in [0.2, 0.25) is 47.0 Å². The largest absolute Gasteiger partial charge is 0.530 e. The summed E-state index contributed by atoms with van der Waals surface area (Å²) in [5, 5.41) is 2.45. The number of morpholine rings is 1. The highest BCUT2D eigenvalue weighted by atomic mass is 31.2. The van der Waals surface area contributed by atoms with Crippen LogP contribution in [-0.4, -0.2) is 148 Å².